The van der Waals surface area contributed by atoms with Crippen molar-refractivity contribution in [3.63, 3.8) is 0 Å². The molecule has 0 spiro atoms. The lowest BCUT2D eigenvalue weighted by Gasteiger charge is -2.09. The van der Waals surface area contributed by atoms with Crippen molar-refractivity contribution in [2.75, 3.05) is 18.5 Å². The minimum Gasteiger partial charge on any atom is -0.462 e. The fraction of sp³-hybridized carbons (Fsp3) is 0.263. The standard InChI is InChI=1S/C19H19N3O5S/c1-4-26-17(24)12(18(25)27-5-2)10-20-15-11(3)21-19-22(16(15)23)13-8-6-7-9-14(13)28-19/h6-10,20H,4-5H2,1-3H3. The molecule has 1 aromatic carbocycles. The highest BCUT2D eigenvalue weighted by molar-refractivity contribution is 7.23. The van der Waals surface area contributed by atoms with Crippen LogP contribution < -0.4 is 10.9 Å². The van der Waals surface area contributed by atoms with Gasteiger partial charge in [-0.15, -0.1) is 0 Å². The summed E-state index contributed by atoms with van der Waals surface area (Å²) in [4.78, 5) is 42.2. The van der Waals surface area contributed by atoms with Crippen molar-refractivity contribution in [3.8, 4) is 0 Å². The van der Waals surface area contributed by atoms with E-state index in [1.165, 1.54) is 15.7 Å². The number of hydrogen-bond donors (Lipinski definition) is 1. The maximum Gasteiger partial charge on any atom is 0.347 e. The second-order valence-corrected chi connectivity index (χ2v) is 6.72. The molecule has 0 radical (unpaired) electrons. The Morgan fingerprint density at radius 1 is 1.18 bits per heavy atom. The Labute approximate surface area is 164 Å². The van der Waals surface area contributed by atoms with Crippen LogP contribution in [0.3, 0.4) is 0 Å². The van der Waals surface area contributed by atoms with Crippen LogP contribution in [0.5, 0.6) is 0 Å². The summed E-state index contributed by atoms with van der Waals surface area (Å²) >= 11 is 1.41. The zero-order valence-corrected chi connectivity index (χ0v) is 16.5. The lowest BCUT2D eigenvalue weighted by atomic mass is 10.3. The van der Waals surface area contributed by atoms with E-state index in [1.54, 1.807) is 20.8 Å². The van der Waals surface area contributed by atoms with Gasteiger partial charge in [0.25, 0.3) is 5.56 Å². The number of para-hydroxylation sites is 1. The molecule has 0 aliphatic carbocycles. The number of rotatable bonds is 6. The number of aryl methyl sites for hydroxylation is 1. The van der Waals surface area contributed by atoms with E-state index >= 15 is 0 Å². The third-order valence-electron chi connectivity index (χ3n) is 3.89. The smallest absolute Gasteiger partial charge is 0.347 e. The molecule has 0 atom stereocenters. The van der Waals surface area contributed by atoms with Crippen molar-refractivity contribution in [1.29, 1.82) is 0 Å². The summed E-state index contributed by atoms with van der Waals surface area (Å²) in [5.41, 5.74) is 0.682. The molecule has 9 heteroatoms. The van der Waals surface area contributed by atoms with Crippen LogP contribution in [0.2, 0.25) is 0 Å². The number of aromatic nitrogens is 2. The Bertz CT molecular complexity index is 1130. The van der Waals surface area contributed by atoms with E-state index in [4.69, 9.17) is 9.47 Å². The number of ether oxygens (including phenoxy) is 2. The summed E-state index contributed by atoms with van der Waals surface area (Å²) in [6, 6.07) is 7.48. The normalized spacial score (nSPS) is 10.7. The van der Waals surface area contributed by atoms with Gasteiger partial charge in [0, 0.05) is 6.20 Å². The highest BCUT2D eigenvalue weighted by atomic mass is 32.1. The molecule has 0 fully saturated rings. The van der Waals surface area contributed by atoms with Gasteiger partial charge in [-0.3, -0.25) is 4.79 Å². The number of thiazole rings is 1. The van der Waals surface area contributed by atoms with Crippen molar-refractivity contribution < 1.29 is 19.1 Å². The van der Waals surface area contributed by atoms with E-state index < -0.39 is 11.9 Å². The number of esters is 2. The molecule has 3 aromatic rings. The Morgan fingerprint density at radius 3 is 2.46 bits per heavy atom. The summed E-state index contributed by atoms with van der Waals surface area (Å²) in [5, 5.41) is 2.75. The predicted molar refractivity (Wildman–Crippen MR) is 107 cm³/mol. The highest BCUT2D eigenvalue weighted by Gasteiger charge is 2.22. The van der Waals surface area contributed by atoms with Crippen LogP contribution in [0, 0.1) is 6.92 Å². The fourth-order valence-corrected chi connectivity index (χ4v) is 3.70. The van der Waals surface area contributed by atoms with E-state index in [9.17, 15) is 14.4 Å². The summed E-state index contributed by atoms with van der Waals surface area (Å²) in [5.74, 6) is -1.66. The molecule has 2 aromatic heterocycles. The predicted octanol–water partition coefficient (Wildman–Crippen LogP) is 2.64. The second-order valence-electron chi connectivity index (χ2n) is 5.71. The SMILES string of the molecule is CCOC(=O)C(=CNc1c(C)nc2sc3ccccc3n2c1=O)C(=O)OCC. The molecule has 0 bridgehead atoms. The fourth-order valence-electron chi connectivity index (χ4n) is 2.64. The first-order valence-corrected chi connectivity index (χ1v) is 9.51. The van der Waals surface area contributed by atoms with Crippen LogP contribution in [-0.4, -0.2) is 34.5 Å². The monoisotopic (exact) mass is 401 g/mol. The molecule has 0 aliphatic rings. The third-order valence-corrected chi connectivity index (χ3v) is 4.91. The van der Waals surface area contributed by atoms with Crippen molar-refractivity contribution in [2.24, 2.45) is 0 Å². The molecule has 2 heterocycles. The average Bonchev–Trinajstić information content (AvgIpc) is 3.02. The van der Waals surface area contributed by atoms with E-state index in [2.05, 4.69) is 10.3 Å². The largest absolute Gasteiger partial charge is 0.462 e. The Morgan fingerprint density at radius 2 is 1.82 bits per heavy atom. The maximum absolute atomic E-state index is 13.0. The number of carbonyl (C=O) groups is 2. The summed E-state index contributed by atoms with van der Waals surface area (Å²) in [6.07, 6.45) is 1.13. The lowest BCUT2D eigenvalue weighted by molar-refractivity contribution is -0.146. The summed E-state index contributed by atoms with van der Waals surface area (Å²) in [7, 11) is 0. The lowest BCUT2D eigenvalue weighted by Crippen LogP contribution is -2.22. The van der Waals surface area contributed by atoms with Crippen LogP contribution in [0.15, 0.2) is 40.8 Å². The van der Waals surface area contributed by atoms with Gasteiger partial charge in [0.2, 0.25) is 0 Å². The third kappa shape index (κ3) is 3.61. The Balaban J connectivity index is 2.08. The number of nitrogens with zero attached hydrogens (tertiary/aromatic N) is 2. The molecule has 0 unspecified atom stereocenters. The van der Waals surface area contributed by atoms with Gasteiger partial charge in [-0.05, 0) is 32.9 Å². The quantitative estimate of drug-likeness (QED) is 0.293. The summed E-state index contributed by atoms with van der Waals surface area (Å²) in [6.45, 7) is 5.14. The number of carbonyl (C=O) groups excluding carboxylic acids is 2. The first-order valence-electron chi connectivity index (χ1n) is 8.69. The van der Waals surface area contributed by atoms with Gasteiger partial charge in [-0.2, -0.15) is 0 Å². The number of fused-ring (bicyclic) bond motifs is 3. The molecule has 3 rings (SSSR count). The van der Waals surface area contributed by atoms with Crippen LogP contribution in [0.25, 0.3) is 15.2 Å². The van der Waals surface area contributed by atoms with Crippen LogP contribution in [-0.2, 0) is 19.1 Å². The topological polar surface area (TPSA) is 99.0 Å². The zero-order chi connectivity index (χ0) is 20.3. The summed E-state index contributed by atoms with van der Waals surface area (Å²) < 4.78 is 12.2. The minimum absolute atomic E-state index is 0.103. The zero-order valence-electron chi connectivity index (χ0n) is 15.6. The molecule has 0 aliphatic heterocycles. The van der Waals surface area contributed by atoms with Crippen LogP contribution in [0.1, 0.15) is 19.5 Å². The second kappa shape index (κ2) is 8.22. The van der Waals surface area contributed by atoms with E-state index in [-0.39, 0.29) is 30.0 Å². The van der Waals surface area contributed by atoms with Gasteiger partial charge >= 0.3 is 11.9 Å². The van der Waals surface area contributed by atoms with Gasteiger partial charge in [0.05, 0.1) is 29.1 Å². The molecule has 0 saturated heterocycles. The average molecular weight is 401 g/mol. The molecule has 28 heavy (non-hydrogen) atoms. The van der Waals surface area contributed by atoms with Crippen molar-refractivity contribution >= 4 is 44.1 Å². The van der Waals surface area contributed by atoms with Crippen LogP contribution >= 0.6 is 11.3 Å². The van der Waals surface area contributed by atoms with E-state index in [0.717, 1.165) is 16.4 Å². The van der Waals surface area contributed by atoms with Gasteiger partial charge < -0.3 is 14.8 Å². The molecular formula is C19H19N3O5S. The number of benzene rings is 1. The van der Waals surface area contributed by atoms with E-state index in [1.807, 2.05) is 24.3 Å². The van der Waals surface area contributed by atoms with Crippen molar-refractivity contribution in [2.45, 2.75) is 20.8 Å². The number of anilines is 1. The van der Waals surface area contributed by atoms with Crippen molar-refractivity contribution in [1.82, 2.24) is 9.38 Å². The maximum atomic E-state index is 13.0. The number of nitrogens with one attached hydrogen (secondary N) is 1. The molecule has 0 amide bonds. The highest BCUT2D eigenvalue weighted by Crippen LogP contribution is 2.25. The minimum atomic E-state index is -0.832. The first-order chi connectivity index (χ1) is 13.5. The van der Waals surface area contributed by atoms with Crippen molar-refractivity contribution in [3.05, 3.63) is 52.1 Å². The Kier molecular flexibility index (Phi) is 5.74. The van der Waals surface area contributed by atoms with Crippen LogP contribution in [0.4, 0.5) is 5.69 Å². The molecule has 146 valence electrons. The van der Waals surface area contributed by atoms with E-state index in [0.29, 0.717) is 10.7 Å². The number of hydrogen-bond acceptors (Lipinski definition) is 8. The van der Waals surface area contributed by atoms with Gasteiger partial charge in [0.1, 0.15) is 5.69 Å². The molecular weight excluding hydrogens is 382 g/mol. The molecule has 8 nitrogen and oxygen atoms in total. The molecule has 0 saturated carbocycles. The Hall–Kier alpha value is -3.20. The van der Waals surface area contributed by atoms with Gasteiger partial charge in [0.15, 0.2) is 10.5 Å². The van der Waals surface area contributed by atoms with Gasteiger partial charge in [-0.1, -0.05) is 23.5 Å². The van der Waals surface area contributed by atoms with Gasteiger partial charge in [-0.25, -0.2) is 19.0 Å². The first kappa shape index (κ1) is 19.6. The molecule has 1 N–H and O–H groups in total.